The Hall–Kier alpha value is -1.47. The van der Waals surface area contributed by atoms with Gasteiger partial charge in [-0.15, -0.1) is 0 Å². The smallest absolute Gasteiger partial charge is 0.148 e. The molecule has 2 heterocycles. The number of hydrogen-bond donors (Lipinski definition) is 0. The van der Waals surface area contributed by atoms with E-state index in [1.807, 2.05) is 12.3 Å². The van der Waals surface area contributed by atoms with Gasteiger partial charge in [-0.25, -0.2) is 9.97 Å². The Bertz CT molecular complexity index is 479. The Kier molecular flexibility index (Phi) is 2.79. The van der Waals surface area contributed by atoms with E-state index < -0.39 is 0 Å². The van der Waals surface area contributed by atoms with Crippen LogP contribution in [-0.2, 0) is 5.41 Å². The topological polar surface area (TPSA) is 52.8 Å². The lowest BCUT2D eigenvalue weighted by atomic mass is 9.93. The highest BCUT2D eigenvalue weighted by atomic mass is 15.1. The summed E-state index contributed by atoms with van der Waals surface area (Å²) in [5, 5.41) is 9.21. The first-order valence-electron chi connectivity index (χ1n) is 6.67. The number of piperidine rings is 1. The minimum absolute atomic E-state index is 0.360. The number of aromatic nitrogens is 2. The lowest BCUT2D eigenvalue weighted by Crippen LogP contribution is -2.29. The number of rotatable bonds is 2. The molecule has 1 saturated carbocycles. The van der Waals surface area contributed by atoms with Gasteiger partial charge < -0.3 is 4.90 Å². The van der Waals surface area contributed by atoms with Crippen molar-refractivity contribution in [1.82, 2.24) is 14.9 Å². The van der Waals surface area contributed by atoms with E-state index in [1.165, 1.54) is 0 Å². The summed E-state index contributed by atoms with van der Waals surface area (Å²) in [6, 6.07) is 4.39. The summed E-state index contributed by atoms with van der Waals surface area (Å²) in [4.78, 5) is 11.3. The lowest BCUT2D eigenvalue weighted by Gasteiger charge is -2.28. The van der Waals surface area contributed by atoms with E-state index in [-0.39, 0.29) is 5.41 Å². The van der Waals surface area contributed by atoms with Crippen LogP contribution in [0.3, 0.4) is 0 Å². The molecule has 0 bridgehead atoms. The van der Waals surface area contributed by atoms with Crippen LogP contribution in [0.15, 0.2) is 12.3 Å². The van der Waals surface area contributed by atoms with Crippen molar-refractivity contribution in [1.29, 1.82) is 5.26 Å². The standard InChI is InChI=1S/C14H18N4/c1-18-8-3-11(4-9-18)12-2-7-16-13(17-12)14(10-15)5-6-14/h2,7,11H,3-6,8-9H2,1H3. The van der Waals surface area contributed by atoms with Crippen molar-refractivity contribution in [2.75, 3.05) is 20.1 Å². The molecule has 94 valence electrons. The molecule has 1 saturated heterocycles. The lowest BCUT2D eigenvalue weighted by molar-refractivity contribution is 0.253. The maximum atomic E-state index is 9.21. The average molecular weight is 242 g/mol. The van der Waals surface area contributed by atoms with Crippen LogP contribution in [-0.4, -0.2) is 35.0 Å². The van der Waals surface area contributed by atoms with E-state index in [1.54, 1.807) is 0 Å². The van der Waals surface area contributed by atoms with Crippen molar-refractivity contribution in [3.63, 3.8) is 0 Å². The maximum Gasteiger partial charge on any atom is 0.148 e. The summed E-state index contributed by atoms with van der Waals surface area (Å²) < 4.78 is 0. The molecular formula is C14H18N4. The van der Waals surface area contributed by atoms with Crippen LogP contribution in [0.1, 0.15) is 43.1 Å². The molecule has 0 radical (unpaired) electrons. The number of nitriles is 1. The van der Waals surface area contributed by atoms with Crippen molar-refractivity contribution in [2.24, 2.45) is 0 Å². The molecule has 2 fully saturated rings. The zero-order valence-corrected chi connectivity index (χ0v) is 10.8. The first-order valence-corrected chi connectivity index (χ1v) is 6.67. The van der Waals surface area contributed by atoms with Gasteiger partial charge in [0.15, 0.2) is 0 Å². The van der Waals surface area contributed by atoms with Gasteiger partial charge in [-0.3, -0.25) is 0 Å². The van der Waals surface area contributed by atoms with E-state index in [9.17, 15) is 5.26 Å². The second-order valence-corrected chi connectivity index (χ2v) is 5.58. The van der Waals surface area contributed by atoms with E-state index >= 15 is 0 Å². The fourth-order valence-corrected chi connectivity index (χ4v) is 2.65. The molecule has 0 atom stereocenters. The molecule has 2 aliphatic rings. The van der Waals surface area contributed by atoms with Crippen molar-refractivity contribution < 1.29 is 0 Å². The normalized spacial score (nSPS) is 23.6. The molecule has 4 nitrogen and oxygen atoms in total. The highest BCUT2D eigenvalue weighted by Gasteiger charge is 2.48. The predicted molar refractivity (Wildman–Crippen MR) is 68.0 cm³/mol. The Morgan fingerprint density at radius 3 is 2.72 bits per heavy atom. The summed E-state index contributed by atoms with van der Waals surface area (Å²) in [5.41, 5.74) is 0.774. The Labute approximate surface area is 108 Å². The van der Waals surface area contributed by atoms with Crippen molar-refractivity contribution in [3.8, 4) is 6.07 Å². The Morgan fingerprint density at radius 2 is 2.11 bits per heavy atom. The van der Waals surface area contributed by atoms with Gasteiger partial charge in [0.25, 0.3) is 0 Å². The zero-order chi connectivity index (χ0) is 12.6. The van der Waals surface area contributed by atoms with Crippen LogP contribution < -0.4 is 0 Å². The third-order valence-electron chi connectivity index (χ3n) is 4.21. The molecule has 3 rings (SSSR count). The van der Waals surface area contributed by atoms with Gasteiger partial charge in [-0.2, -0.15) is 5.26 Å². The second-order valence-electron chi connectivity index (χ2n) is 5.58. The van der Waals surface area contributed by atoms with E-state index in [0.717, 1.165) is 50.3 Å². The molecule has 0 N–H and O–H groups in total. The summed E-state index contributed by atoms with van der Waals surface area (Å²) in [5.74, 6) is 1.29. The van der Waals surface area contributed by atoms with Crippen LogP contribution in [0.4, 0.5) is 0 Å². The van der Waals surface area contributed by atoms with Gasteiger partial charge in [0.2, 0.25) is 0 Å². The van der Waals surface area contributed by atoms with Crippen LogP contribution in [0.25, 0.3) is 0 Å². The Morgan fingerprint density at radius 1 is 1.39 bits per heavy atom. The third kappa shape index (κ3) is 1.99. The minimum atomic E-state index is -0.360. The second kappa shape index (κ2) is 4.33. The number of nitrogens with zero attached hydrogens (tertiary/aromatic N) is 4. The van der Waals surface area contributed by atoms with Crippen LogP contribution in [0.2, 0.25) is 0 Å². The van der Waals surface area contributed by atoms with Crippen molar-refractivity contribution in [3.05, 3.63) is 23.8 Å². The minimum Gasteiger partial charge on any atom is -0.306 e. The average Bonchev–Trinajstić information content (AvgIpc) is 3.21. The van der Waals surface area contributed by atoms with Gasteiger partial charge in [-0.05, 0) is 51.9 Å². The van der Waals surface area contributed by atoms with Crippen LogP contribution >= 0.6 is 0 Å². The molecule has 0 spiro atoms. The summed E-state index contributed by atoms with van der Waals surface area (Å²) >= 11 is 0. The number of likely N-dealkylation sites (tertiary alicyclic amines) is 1. The highest BCUT2D eigenvalue weighted by Crippen LogP contribution is 2.46. The molecule has 18 heavy (non-hydrogen) atoms. The molecule has 4 heteroatoms. The van der Waals surface area contributed by atoms with Gasteiger partial charge in [0.05, 0.1) is 6.07 Å². The first kappa shape index (κ1) is 11.6. The summed E-state index contributed by atoms with van der Waals surface area (Å²) in [6.07, 6.45) is 5.98. The van der Waals surface area contributed by atoms with Gasteiger partial charge in [0, 0.05) is 17.8 Å². The first-order chi connectivity index (χ1) is 8.73. The molecule has 0 unspecified atom stereocenters. The largest absolute Gasteiger partial charge is 0.306 e. The fraction of sp³-hybridized carbons (Fsp3) is 0.643. The molecule has 1 aromatic rings. The predicted octanol–water partition coefficient (Wildman–Crippen LogP) is 1.84. The van der Waals surface area contributed by atoms with Crippen molar-refractivity contribution in [2.45, 2.75) is 37.0 Å². The molecule has 1 aromatic heterocycles. The van der Waals surface area contributed by atoms with Gasteiger partial charge in [-0.1, -0.05) is 0 Å². The summed E-state index contributed by atoms with van der Waals surface area (Å²) in [6.45, 7) is 2.26. The maximum absolute atomic E-state index is 9.21. The van der Waals surface area contributed by atoms with E-state index in [2.05, 4.69) is 28.0 Å². The van der Waals surface area contributed by atoms with Gasteiger partial charge in [0.1, 0.15) is 11.2 Å². The molecule has 1 aliphatic heterocycles. The van der Waals surface area contributed by atoms with Crippen molar-refractivity contribution >= 4 is 0 Å². The SMILES string of the molecule is CN1CCC(c2ccnc(C3(C#N)CC3)n2)CC1. The fourth-order valence-electron chi connectivity index (χ4n) is 2.65. The Balaban J connectivity index is 1.82. The molecular weight excluding hydrogens is 224 g/mol. The zero-order valence-electron chi connectivity index (χ0n) is 10.8. The van der Waals surface area contributed by atoms with E-state index in [0.29, 0.717) is 5.92 Å². The van der Waals surface area contributed by atoms with E-state index in [4.69, 9.17) is 0 Å². The summed E-state index contributed by atoms with van der Waals surface area (Å²) in [7, 11) is 2.16. The van der Waals surface area contributed by atoms with Crippen LogP contribution in [0, 0.1) is 11.3 Å². The molecule has 0 amide bonds. The van der Waals surface area contributed by atoms with Gasteiger partial charge >= 0.3 is 0 Å². The monoisotopic (exact) mass is 242 g/mol. The van der Waals surface area contributed by atoms with Crippen LogP contribution in [0.5, 0.6) is 0 Å². The number of hydrogen-bond acceptors (Lipinski definition) is 4. The molecule has 0 aromatic carbocycles. The molecule has 1 aliphatic carbocycles. The highest BCUT2D eigenvalue weighted by molar-refractivity contribution is 5.30. The quantitative estimate of drug-likeness (QED) is 0.794. The third-order valence-corrected chi connectivity index (χ3v) is 4.21.